The summed E-state index contributed by atoms with van der Waals surface area (Å²) in [7, 11) is 2.10. The molecule has 0 saturated carbocycles. The molecule has 0 aliphatic carbocycles. The molecule has 2 aliphatic rings. The summed E-state index contributed by atoms with van der Waals surface area (Å²) < 4.78 is 31.1. The summed E-state index contributed by atoms with van der Waals surface area (Å²) in [5, 5.41) is 0. The van der Waals surface area contributed by atoms with Crippen molar-refractivity contribution in [2.24, 2.45) is 4.99 Å². The van der Waals surface area contributed by atoms with E-state index in [-0.39, 0.29) is 22.8 Å². The number of nitrogen functional groups attached to an aromatic ring is 1. The summed E-state index contributed by atoms with van der Waals surface area (Å²) in [5.41, 5.74) is 9.13. The molecule has 1 fully saturated rings. The molecule has 188 valence electrons. The second kappa shape index (κ2) is 9.20. The molecule has 1 aromatic carbocycles. The smallest absolute Gasteiger partial charge is 0.221 e. The third-order valence-electron chi connectivity index (χ3n) is 7.76. The molecule has 5 rings (SSSR count). The predicted octanol–water partition coefficient (Wildman–Crippen LogP) is 4.98. The number of hydrogen-bond acceptors (Lipinski definition) is 7. The number of aliphatic imine (C=N–C) groups is 1. The Bertz CT molecular complexity index is 1320. The van der Waals surface area contributed by atoms with Gasteiger partial charge in [-0.2, -0.15) is 0 Å². The van der Waals surface area contributed by atoms with Crippen LogP contribution >= 0.6 is 0 Å². The average molecular weight is 492 g/mol. The largest absolute Gasteiger partial charge is 0.368 e. The molecule has 0 radical (unpaired) electrons. The minimum Gasteiger partial charge on any atom is -0.368 e. The highest BCUT2D eigenvalue weighted by molar-refractivity contribution is 6.00. The third kappa shape index (κ3) is 3.91. The number of nitrogens with zero attached hydrogens (tertiary/aromatic N) is 6. The van der Waals surface area contributed by atoms with Crippen LogP contribution in [0.1, 0.15) is 39.2 Å². The molecule has 9 heteroatoms. The number of anilines is 2. The maximum Gasteiger partial charge on any atom is 0.221 e. The van der Waals surface area contributed by atoms with Gasteiger partial charge in [-0.05, 0) is 56.6 Å². The van der Waals surface area contributed by atoms with E-state index in [4.69, 9.17) is 5.73 Å². The second-order valence-electron chi connectivity index (χ2n) is 9.63. The number of rotatable bonds is 5. The second-order valence-corrected chi connectivity index (χ2v) is 9.63. The highest BCUT2D eigenvalue weighted by atomic mass is 19.1. The van der Waals surface area contributed by atoms with Crippen LogP contribution in [0.25, 0.3) is 22.6 Å². The monoisotopic (exact) mass is 491 g/mol. The molecular weight excluding hydrogens is 460 g/mol. The molecule has 36 heavy (non-hydrogen) atoms. The van der Waals surface area contributed by atoms with Crippen molar-refractivity contribution in [3.05, 3.63) is 47.7 Å². The highest BCUT2D eigenvalue weighted by Crippen LogP contribution is 2.47. The zero-order chi connectivity index (χ0) is 25.6. The number of piperazine rings is 1. The number of fused-ring (bicyclic) bond motifs is 1. The van der Waals surface area contributed by atoms with Gasteiger partial charge in [-0.25, -0.2) is 18.7 Å². The van der Waals surface area contributed by atoms with E-state index in [9.17, 15) is 0 Å². The van der Waals surface area contributed by atoms with Crippen LogP contribution in [-0.4, -0.2) is 58.8 Å². The van der Waals surface area contributed by atoms with Gasteiger partial charge in [0.15, 0.2) is 5.82 Å². The molecule has 4 heterocycles. The zero-order valence-electron chi connectivity index (χ0n) is 21.1. The van der Waals surface area contributed by atoms with Crippen molar-refractivity contribution < 1.29 is 8.78 Å². The number of pyridine rings is 1. The number of benzene rings is 1. The number of hydrogen-bond donors (Lipinski definition) is 1. The van der Waals surface area contributed by atoms with E-state index in [2.05, 4.69) is 50.6 Å². The zero-order valence-corrected chi connectivity index (χ0v) is 21.1. The van der Waals surface area contributed by atoms with Crippen molar-refractivity contribution in [1.29, 1.82) is 0 Å². The van der Waals surface area contributed by atoms with Crippen LogP contribution in [0.15, 0.2) is 35.5 Å². The number of nitrogens with two attached hydrogens (primary N) is 1. The summed E-state index contributed by atoms with van der Waals surface area (Å²) >= 11 is 0. The molecule has 3 aromatic rings. The highest BCUT2D eigenvalue weighted by Gasteiger charge is 2.40. The summed E-state index contributed by atoms with van der Waals surface area (Å²) in [6.07, 6.45) is 3.25. The topological polar surface area (TPSA) is 83.5 Å². The average Bonchev–Trinajstić information content (AvgIpc) is 3.17. The first-order chi connectivity index (χ1) is 17.3. The molecule has 2 aliphatic heterocycles. The van der Waals surface area contributed by atoms with E-state index in [0.29, 0.717) is 16.9 Å². The van der Waals surface area contributed by atoms with Crippen LogP contribution in [0.5, 0.6) is 0 Å². The van der Waals surface area contributed by atoms with Gasteiger partial charge in [0, 0.05) is 42.9 Å². The Labute approximate surface area is 210 Å². The van der Waals surface area contributed by atoms with Gasteiger partial charge in [-0.15, -0.1) is 0 Å². The van der Waals surface area contributed by atoms with E-state index in [0.717, 1.165) is 56.0 Å². The van der Waals surface area contributed by atoms with E-state index in [1.807, 2.05) is 13.0 Å². The first-order valence-electron chi connectivity index (χ1n) is 12.4. The van der Waals surface area contributed by atoms with Crippen molar-refractivity contribution in [2.45, 2.75) is 39.0 Å². The fourth-order valence-corrected chi connectivity index (χ4v) is 5.43. The molecule has 1 saturated heterocycles. The maximum absolute atomic E-state index is 15.9. The van der Waals surface area contributed by atoms with Crippen molar-refractivity contribution >= 4 is 23.0 Å². The molecule has 2 N–H and O–H groups in total. The van der Waals surface area contributed by atoms with Gasteiger partial charge in [0.25, 0.3) is 0 Å². The Kier molecular flexibility index (Phi) is 6.20. The van der Waals surface area contributed by atoms with E-state index < -0.39 is 11.6 Å². The van der Waals surface area contributed by atoms with Crippen LogP contribution in [0.4, 0.5) is 26.1 Å². The quantitative estimate of drug-likeness (QED) is 0.542. The van der Waals surface area contributed by atoms with Crippen LogP contribution in [-0.2, 0) is 5.41 Å². The summed E-state index contributed by atoms with van der Waals surface area (Å²) in [5.74, 6) is -1.28. The maximum atomic E-state index is 15.9. The molecular formula is C27H31F2N7. The summed E-state index contributed by atoms with van der Waals surface area (Å²) in [6.45, 7) is 9.79. The predicted molar refractivity (Wildman–Crippen MR) is 140 cm³/mol. The lowest BCUT2D eigenvalue weighted by atomic mass is 9.73. The fraction of sp³-hybridized carbons (Fsp3) is 0.407. The third-order valence-corrected chi connectivity index (χ3v) is 7.76. The first-order valence-corrected chi connectivity index (χ1v) is 12.4. The van der Waals surface area contributed by atoms with Crippen molar-refractivity contribution in [3.63, 3.8) is 0 Å². The summed E-state index contributed by atoms with van der Waals surface area (Å²) in [6, 6.07) is 6.72. The van der Waals surface area contributed by atoms with Crippen molar-refractivity contribution in [1.82, 2.24) is 19.9 Å². The molecule has 0 spiro atoms. The van der Waals surface area contributed by atoms with E-state index in [1.165, 1.54) is 6.07 Å². The Morgan fingerprint density at radius 3 is 2.33 bits per heavy atom. The lowest BCUT2D eigenvalue weighted by Crippen LogP contribution is -2.44. The van der Waals surface area contributed by atoms with Gasteiger partial charge >= 0.3 is 0 Å². The Hall–Kier alpha value is -3.46. The lowest BCUT2D eigenvalue weighted by molar-refractivity contribution is 0.313. The van der Waals surface area contributed by atoms with E-state index >= 15 is 8.78 Å². The van der Waals surface area contributed by atoms with Crippen molar-refractivity contribution in [2.75, 3.05) is 43.9 Å². The van der Waals surface area contributed by atoms with Crippen LogP contribution in [0.2, 0.25) is 0 Å². The first kappa shape index (κ1) is 24.2. The Morgan fingerprint density at radius 1 is 1.00 bits per heavy atom. The van der Waals surface area contributed by atoms with Gasteiger partial charge in [0.05, 0.1) is 17.6 Å². The van der Waals surface area contributed by atoms with Crippen LogP contribution in [0, 0.1) is 11.6 Å². The molecule has 0 atom stereocenters. The molecule has 0 amide bonds. The minimum atomic E-state index is -0.683. The van der Waals surface area contributed by atoms with Crippen molar-refractivity contribution in [3.8, 4) is 22.6 Å². The van der Waals surface area contributed by atoms with E-state index in [1.54, 1.807) is 18.3 Å². The van der Waals surface area contributed by atoms with Gasteiger partial charge in [0.1, 0.15) is 22.9 Å². The molecule has 2 aromatic heterocycles. The Morgan fingerprint density at radius 2 is 1.69 bits per heavy atom. The summed E-state index contributed by atoms with van der Waals surface area (Å²) in [4.78, 5) is 21.8. The SMILES string of the molecule is CCC1(CC)C(C)=Nc2c(F)cc(-c3nc(N)nc(-c4ccc(N5CCN(C)CC5)cn4)c3F)cc21. The van der Waals surface area contributed by atoms with Crippen LogP contribution in [0.3, 0.4) is 0 Å². The van der Waals surface area contributed by atoms with Gasteiger partial charge in [-0.3, -0.25) is 9.98 Å². The van der Waals surface area contributed by atoms with Gasteiger partial charge in [0.2, 0.25) is 5.95 Å². The molecule has 0 bridgehead atoms. The molecule has 0 unspecified atom stereocenters. The van der Waals surface area contributed by atoms with Crippen LogP contribution < -0.4 is 10.6 Å². The number of likely N-dealkylation sites (N-methyl/N-ethyl adjacent to an activating group) is 1. The number of aromatic nitrogens is 3. The van der Waals surface area contributed by atoms with Gasteiger partial charge in [-0.1, -0.05) is 13.8 Å². The van der Waals surface area contributed by atoms with Gasteiger partial charge < -0.3 is 15.5 Å². The Balaban J connectivity index is 1.54. The minimum absolute atomic E-state index is 0.00647. The standard InChI is InChI=1S/C27H31F2N7/c1-5-27(6-2)16(3)32-24-19(27)13-17(14-20(24)28)23-22(29)25(34-26(30)33-23)21-8-7-18(15-31-21)36-11-9-35(4)10-12-36/h7-8,13-15H,5-6,9-12H2,1-4H3,(H2,30,33,34). The fourth-order valence-electron chi connectivity index (χ4n) is 5.43. The molecule has 7 nitrogen and oxygen atoms in total. The lowest BCUT2D eigenvalue weighted by Gasteiger charge is -2.33. The number of halogens is 2. The normalized spacial score (nSPS) is 17.3.